The molecule has 0 bridgehead atoms. The number of halogens is 4. The minimum Gasteiger partial charge on any atom is -0.378 e. The average molecular weight is 471 g/mol. The number of amides is 1. The first-order chi connectivity index (χ1) is 13.6. The van der Waals surface area contributed by atoms with Gasteiger partial charge in [-0.05, 0) is 18.2 Å². The zero-order chi connectivity index (χ0) is 21.2. The molecule has 2 N–H and O–H groups in total. The van der Waals surface area contributed by atoms with Crippen LogP contribution >= 0.6 is 22.9 Å². The van der Waals surface area contributed by atoms with Crippen molar-refractivity contribution in [2.75, 3.05) is 31.2 Å². The molecule has 2 aromatic rings. The van der Waals surface area contributed by atoms with Gasteiger partial charge in [0.2, 0.25) is 0 Å². The molecule has 1 aliphatic rings. The zero-order valence-electron chi connectivity index (χ0n) is 14.5. The largest absolute Gasteiger partial charge is 0.417 e. The van der Waals surface area contributed by atoms with E-state index in [2.05, 4.69) is 4.98 Å². The van der Waals surface area contributed by atoms with E-state index in [4.69, 9.17) is 16.3 Å². The fraction of sp³-hybridized carbons (Fsp3) is 0.333. The lowest BCUT2D eigenvalue weighted by Crippen LogP contribution is -2.41. The molecule has 1 aromatic heterocycles. The van der Waals surface area contributed by atoms with E-state index in [0.717, 1.165) is 12.1 Å². The Hall–Kier alpha value is -1.93. The van der Waals surface area contributed by atoms with Gasteiger partial charge in [-0.2, -0.15) is 13.2 Å². The molecule has 0 atom stereocenters. The van der Waals surface area contributed by atoms with Crippen molar-refractivity contribution < 1.29 is 31.1 Å². The third-order valence-corrected chi connectivity index (χ3v) is 6.34. The maximum atomic E-state index is 12.9. The van der Waals surface area contributed by atoms with Gasteiger partial charge in [0.25, 0.3) is 15.9 Å². The van der Waals surface area contributed by atoms with Gasteiger partial charge in [-0.3, -0.25) is 10.2 Å². The van der Waals surface area contributed by atoms with Crippen molar-refractivity contribution in [2.24, 2.45) is 0 Å². The SMILES string of the molecule is O=C(NNS(=O)(=O)c1ccc(Cl)c(C(F)(F)F)c1)c1csc(N2CCOCC2)n1. The molecule has 0 saturated carbocycles. The van der Waals surface area contributed by atoms with E-state index in [1.807, 2.05) is 10.3 Å². The van der Waals surface area contributed by atoms with Crippen molar-refractivity contribution in [2.45, 2.75) is 11.1 Å². The van der Waals surface area contributed by atoms with Gasteiger partial charge in [0, 0.05) is 18.5 Å². The van der Waals surface area contributed by atoms with E-state index >= 15 is 0 Å². The number of carbonyl (C=O) groups is 1. The lowest BCUT2D eigenvalue weighted by molar-refractivity contribution is -0.137. The lowest BCUT2D eigenvalue weighted by atomic mass is 10.2. The first-order valence-corrected chi connectivity index (χ1v) is 10.8. The number of hydrogen-bond donors (Lipinski definition) is 2. The van der Waals surface area contributed by atoms with E-state index < -0.39 is 37.6 Å². The molecular formula is C15H14ClF3N4O4S2. The van der Waals surface area contributed by atoms with Gasteiger partial charge in [0.05, 0.1) is 28.7 Å². The number of aromatic nitrogens is 1. The number of alkyl halides is 3. The third-order valence-electron chi connectivity index (χ3n) is 3.86. The first-order valence-electron chi connectivity index (χ1n) is 8.05. The monoisotopic (exact) mass is 470 g/mol. The quantitative estimate of drug-likeness (QED) is 0.650. The van der Waals surface area contributed by atoms with Crippen molar-refractivity contribution in [3.05, 3.63) is 39.9 Å². The molecule has 2 heterocycles. The second kappa shape index (κ2) is 8.44. The normalized spacial score (nSPS) is 15.4. The molecule has 1 amide bonds. The Morgan fingerprint density at radius 2 is 1.97 bits per heavy atom. The molecule has 1 aromatic carbocycles. The Bertz CT molecular complexity index is 1010. The van der Waals surface area contributed by atoms with Crippen LogP contribution in [0.3, 0.4) is 0 Å². The topological polar surface area (TPSA) is 101 Å². The van der Waals surface area contributed by atoms with E-state index in [1.54, 1.807) is 4.83 Å². The number of anilines is 1. The van der Waals surface area contributed by atoms with Gasteiger partial charge in [-0.1, -0.05) is 11.6 Å². The van der Waals surface area contributed by atoms with E-state index in [1.165, 1.54) is 16.7 Å². The van der Waals surface area contributed by atoms with Gasteiger partial charge in [-0.25, -0.2) is 13.4 Å². The number of hydrogen-bond acceptors (Lipinski definition) is 7. The van der Waals surface area contributed by atoms with Crippen LogP contribution in [0.4, 0.5) is 18.3 Å². The van der Waals surface area contributed by atoms with Crippen LogP contribution in [0.2, 0.25) is 5.02 Å². The summed E-state index contributed by atoms with van der Waals surface area (Å²) in [6, 6.07) is 2.09. The molecule has 29 heavy (non-hydrogen) atoms. The Kier molecular flexibility index (Phi) is 6.33. The molecule has 0 aliphatic carbocycles. The molecular weight excluding hydrogens is 457 g/mol. The molecule has 1 aliphatic heterocycles. The number of benzene rings is 1. The van der Waals surface area contributed by atoms with Gasteiger partial charge in [-0.15, -0.1) is 16.2 Å². The second-order valence-corrected chi connectivity index (χ2v) is 8.74. The fourth-order valence-corrected chi connectivity index (χ4v) is 4.34. The van der Waals surface area contributed by atoms with Crippen LogP contribution in [-0.4, -0.2) is 45.6 Å². The number of ether oxygens (including phenoxy) is 1. The smallest absolute Gasteiger partial charge is 0.378 e. The van der Waals surface area contributed by atoms with E-state index in [9.17, 15) is 26.4 Å². The highest BCUT2D eigenvalue weighted by Crippen LogP contribution is 2.35. The minimum atomic E-state index is -4.83. The standard InChI is InChI=1S/C15H14ClF3N4O4S2/c16-11-2-1-9(7-10(11)15(17,18)19)29(25,26)22-21-13(24)12-8-28-14(20-12)23-3-5-27-6-4-23/h1-2,7-8,22H,3-6H2,(H,21,24). The summed E-state index contributed by atoms with van der Waals surface area (Å²) < 4.78 is 68.5. The Morgan fingerprint density at radius 1 is 1.28 bits per heavy atom. The molecule has 1 fully saturated rings. The number of sulfonamides is 1. The second-order valence-electron chi connectivity index (χ2n) is 5.81. The Labute approximate surface area is 172 Å². The predicted molar refractivity (Wildman–Crippen MR) is 99.4 cm³/mol. The molecule has 0 spiro atoms. The predicted octanol–water partition coefficient (Wildman–Crippen LogP) is 2.28. The summed E-state index contributed by atoms with van der Waals surface area (Å²) in [6.45, 7) is 2.28. The highest BCUT2D eigenvalue weighted by Gasteiger charge is 2.34. The number of nitrogens with zero attached hydrogens (tertiary/aromatic N) is 2. The number of thiazole rings is 1. The number of morpholine rings is 1. The van der Waals surface area contributed by atoms with Crippen LogP contribution in [0.25, 0.3) is 0 Å². The molecule has 158 valence electrons. The Morgan fingerprint density at radius 3 is 2.62 bits per heavy atom. The van der Waals surface area contributed by atoms with Gasteiger partial charge < -0.3 is 9.64 Å². The lowest BCUT2D eigenvalue weighted by Gasteiger charge is -2.25. The van der Waals surface area contributed by atoms with E-state index in [0.29, 0.717) is 37.5 Å². The average Bonchev–Trinajstić information content (AvgIpc) is 3.16. The zero-order valence-corrected chi connectivity index (χ0v) is 16.9. The van der Waals surface area contributed by atoms with Crippen molar-refractivity contribution in [3.8, 4) is 0 Å². The van der Waals surface area contributed by atoms with Crippen molar-refractivity contribution in [1.82, 2.24) is 15.2 Å². The van der Waals surface area contributed by atoms with Crippen LogP contribution in [-0.2, 0) is 20.9 Å². The van der Waals surface area contributed by atoms with Crippen LogP contribution in [0.5, 0.6) is 0 Å². The number of carbonyl (C=O) groups excluding carboxylic acids is 1. The van der Waals surface area contributed by atoms with Crippen molar-refractivity contribution in [1.29, 1.82) is 0 Å². The van der Waals surface area contributed by atoms with Crippen molar-refractivity contribution >= 4 is 44.0 Å². The first kappa shape index (κ1) is 21.8. The van der Waals surface area contributed by atoms with Crippen molar-refractivity contribution in [3.63, 3.8) is 0 Å². The maximum Gasteiger partial charge on any atom is 0.417 e. The summed E-state index contributed by atoms with van der Waals surface area (Å²) in [5, 5.41) is 1.38. The van der Waals surface area contributed by atoms with Gasteiger partial charge in [0.15, 0.2) is 5.13 Å². The molecule has 3 rings (SSSR count). The maximum absolute atomic E-state index is 12.9. The number of nitrogens with one attached hydrogen (secondary N) is 2. The number of hydrazine groups is 1. The summed E-state index contributed by atoms with van der Waals surface area (Å²) >= 11 is 6.68. The van der Waals surface area contributed by atoms with Crippen LogP contribution < -0.4 is 15.2 Å². The molecule has 14 heteroatoms. The molecule has 8 nitrogen and oxygen atoms in total. The molecule has 0 radical (unpaired) electrons. The molecule has 0 unspecified atom stereocenters. The summed E-state index contributed by atoms with van der Waals surface area (Å²) in [4.78, 5) is 19.3. The highest BCUT2D eigenvalue weighted by atomic mass is 35.5. The summed E-state index contributed by atoms with van der Waals surface area (Å²) in [7, 11) is -4.47. The minimum absolute atomic E-state index is 0.0359. The highest BCUT2D eigenvalue weighted by molar-refractivity contribution is 7.89. The van der Waals surface area contributed by atoms with Crippen LogP contribution in [0, 0.1) is 0 Å². The van der Waals surface area contributed by atoms with Crippen LogP contribution in [0.15, 0.2) is 28.5 Å². The fourth-order valence-electron chi connectivity index (χ4n) is 2.39. The molecule has 1 saturated heterocycles. The van der Waals surface area contributed by atoms with Gasteiger partial charge >= 0.3 is 6.18 Å². The summed E-state index contributed by atoms with van der Waals surface area (Å²) in [6.07, 6.45) is -4.83. The summed E-state index contributed by atoms with van der Waals surface area (Å²) in [5.74, 6) is -0.852. The third kappa shape index (κ3) is 5.17. The van der Waals surface area contributed by atoms with Crippen LogP contribution in [0.1, 0.15) is 16.1 Å². The van der Waals surface area contributed by atoms with Gasteiger partial charge in [0.1, 0.15) is 5.69 Å². The Balaban J connectivity index is 1.69. The summed E-state index contributed by atoms with van der Waals surface area (Å²) in [5.41, 5.74) is 0.598. The number of rotatable bonds is 5. The van der Waals surface area contributed by atoms with E-state index in [-0.39, 0.29) is 5.69 Å².